The minimum Gasteiger partial charge on any atom is -0.548 e. The van der Waals surface area contributed by atoms with Gasteiger partial charge in [0.2, 0.25) is 5.91 Å². The average Bonchev–Trinajstić information content (AvgIpc) is 2.56. The number of carboxylic acid groups (broad SMARTS) is 1. The number of nitrogens with one attached hydrogen (secondary N) is 1. The van der Waals surface area contributed by atoms with Crippen molar-refractivity contribution in [3.8, 4) is 0 Å². The van der Waals surface area contributed by atoms with Gasteiger partial charge in [-0.3, -0.25) is 4.79 Å². The zero-order chi connectivity index (χ0) is 17.9. The van der Waals surface area contributed by atoms with Crippen molar-refractivity contribution < 1.29 is 44.3 Å². The molecule has 0 radical (unpaired) electrons. The van der Waals surface area contributed by atoms with Crippen LogP contribution < -0.4 is 40.0 Å². The van der Waals surface area contributed by atoms with Gasteiger partial charge in [-0.15, -0.1) is 0 Å². The standard InChI is InChI=1S/C20H37NO3.Na/c1-2-3-4-5-6-7-8-9-10-11-12-13-14-15-16-17-19(22)21-18-20(23)24;/h9-10H,2-8,11-18H2,1H3,(H,21,22)(H,23,24);/q;+1/p-1/b10-9-;. The van der Waals surface area contributed by atoms with Gasteiger partial charge in [0.1, 0.15) is 0 Å². The third kappa shape index (κ3) is 23.7. The number of carbonyl (C=O) groups excluding carboxylic acids is 2. The number of hydrogen-bond acceptors (Lipinski definition) is 3. The molecule has 4 nitrogen and oxygen atoms in total. The summed E-state index contributed by atoms with van der Waals surface area (Å²) in [6.07, 6.45) is 20.9. The van der Waals surface area contributed by atoms with Gasteiger partial charge in [-0.1, -0.05) is 70.4 Å². The van der Waals surface area contributed by atoms with Crippen LogP contribution in [-0.2, 0) is 9.59 Å². The summed E-state index contributed by atoms with van der Waals surface area (Å²) >= 11 is 0. The number of amides is 1. The van der Waals surface area contributed by atoms with E-state index in [4.69, 9.17) is 0 Å². The quantitative estimate of drug-likeness (QED) is 0.238. The molecule has 0 aromatic heterocycles. The fourth-order valence-electron chi connectivity index (χ4n) is 2.62. The molecule has 25 heavy (non-hydrogen) atoms. The van der Waals surface area contributed by atoms with Crippen molar-refractivity contribution in [3.63, 3.8) is 0 Å². The Kier molecular flexibility index (Phi) is 23.4. The van der Waals surface area contributed by atoms with Crippen molar-refractivity contribution in [2.75, 3.05) is 6.54 Å². The molecule has 1 N–H and O–H groups in total. The Morgan fingerprint density at radius 1 is 0.800 bits per heavy atom. The summed E-state index contributed by atoms with van der Waals surface area (Å²) in [7, 11) is 0. The van der Waals surface area contributed by atoms with Crippen LogP contribution in [0.2, 0.25) is 0 Å². The molecule has 0 saturated carbocycles. The predicted molar refractivity (Wildman–Crippen MR) is 97.5 cm³/mol. The normalized spacial score (nSPS) is 10.6. The molecule has 0 bridgehead atoms. The van der Waals surface area contributed by atoms with Crippen molar-refractivity contribution in [1.82, 2.24) is 5.32 Å². The zero-order valence-corrected chi connectivity index (χ0v) is 18.5. The van der Waals surface area contributed by atoms with E-state index in [0.29, 0.717) is 6.42 Å². The van der Waals surface area contributed by atoms with Gasteiger partial charge in [0, 0.05) is 6.42 Å². The maximum Gasteiger partial charge on any atom is 1.00 e. The largest absolute Gasteiger partial charge is 1.00 e. The molecule has 0 aromatic rings. The SMILES string of the molecule is CCCCCCCC/C=C\CCCCCCCC(=O)NCC(=O)[O-].[Na+]. The van der Waals surface area contributed by atoms with Crippen LogP contribution >= 0.6 is 0 Å². The third-order valence-electron chi connectivity index (χ3n) is 4.10. The van der Waals surface area contributed by atoms with Crippen LogP contribution in [0.5, 0.6) is 0 Å². The van der Waals surface area contributed by atoms with Crippen LogP contribution in [0.1, 0.15) is 96.8 Å². The zero-order valence-electron chi connectivity index (χ0n) is 16.5. The van der Waals surface area contributed by atoms with E-state index in [0.717, 1.165) is 25.7 Å². The third-order valence-corrected chi connectivity index (χ3v) is 4.10. The fraction of sp³-hybridized carbons (Fsp3) is 0.800. The summed E-state index contributed by atoms with van der Waals surface area (Å²) < 4.78 is 0. The van der Waals surface area contributed by atoms with Crippen LogP contribution in [0.15, 0.2) is 12.2 Å². The molecule has 0 fully saturated rings. The number of hydrogen-bond donors (Lipinski definition) is 1. The van der Waals surface area contributed by atoms with Crippen LogP contribution in [0, 0.1) is 0 Å². The Hall–Kier alpha value is -0.320. The average molecular weight is 362 g/mol. The molecule has 1 amide bonds. The molecule has 5 heteroatoms. The monoisotopic (exact) mass is 361 g/mol. The predicted octanol–water partition coefficient (Wildman–Crippen LogP) is 0.894. The molecule has 0 aliphatic carbocycles. The molecule has 0 unspecified atom stereocenters. The van der Waals surface area contributed by atoms with Gasteiger partial charge in [0.15, 0.2) is 0 Å². The van der Waals surface area contributed by atoms with Gasteiger partial charge >= 0.3 is 29.6 Å². The summed E-state index contributed by atoms with van der Waals surface area (Å²) in [5, 5.41) is 12.5. The van der Waals surface area contributed by atoms with Crippen LogP contribution in [0.3, 0.4) is 0 Å². The summed E-state index contributed by atoms with van der Waals surface area (Å²) in [6, 6.07) is 0. The Morgan fingerprint density at radius 2 is 1.28 bits per heavy atom. The summed E-state index contributed by atoms with van der Waals surface area (Å²) in [5.41, 5.74) is 0. The Morgan fingerprint density at radius 3 is 1.80 bits per heavy atom. The maximum atomic E-state index is 11.3. The van der Waals surface area contributed by atoms with E-state index in [1.54, 1.807) is 0 Å². The molecule has 0 rings (SSSR count). The molecule has 0 saturated heterocycles. The molecule has 140 valence electrons. The molecule has 0 heterocycles. The first kappa shape index (κ1) is 26.9. The van der Waals surface area contributed by atoms with Crippen LogP contribution in [0.4, 0.5) is 0 Å². The summed E-state index contributed by atoms with van der Waals surface area (Å²) in [6.45, 7) is 1.86. The van der Waals surface area contributed by atoms with E-state index >= 15 is 0 Å². The molecule has 0 spiro atoms. The number of allylic oxidation sites excluding steroid dienone is 2. The van der Waals surface area contributed by atoms with Crippen molar-refractivity contribution in [1.29, 1.82) is 0 Å². The second-order valence-corrected chi connectivity index (χ2v) is 6.48. The van der Waals surface area contributed by atoms with E-state index in [1.807, 2.05) is 0 Å². The van der Waals surface area contributed by atoms with Gasteiger partial charge in [-0.05, 0) is 32.1 Å². The molecule has 0 aromatic carbocycles. The first-order valence-electron chi connectivity index (χ1n) is 9.78. The Balaban J connectivity index is 0. The van der Waals surface area contributed by atoms with Crippen LogP contribution in [-0.4, -0.2) is 18.4 Å². The van der Waals surface area contributed by atoms with E-state index in [2.05, 4.69) is 24.4 Å². The van der Waals surface area contributed by atoms with Gasteiger partial charge in [-0.25, -0.2) is 0 Å². The van der Waals surface area contributed by atoms with E-state index < -0.39 is 5.97 Å². The number of rotatable bonds is 17. The molecular formula is C20H36NNaO3. The molecule has 0 aliphatic heterocycles. The second-order valence-electron chi connectivity index (χ2n) is 6.48. The molecule has 0 aliphatic rings. The number of carboxylic acids is 1. The topological polar surface area (TPSA) is 69.2 Å². The van der Waals surface area contributed by atoms with Gasteiger partial charge < -0.3 is 15.2 Å². The number of unbranched alkanes of at least 4 members (excludes halogenated alkanes) is 11. The number of aliphatic carboxylic acids is 1. The first-order chi connectivity index (χ1) is 11.7. The van der Waals surface area contributed by atoms with Crippen molar-refractivity contribution in [3.05, 3.63) is 12.2 Å². The molecule has 0 atom stereocenters. The van der Waals surface area contributed by atoms with Crippen molar-refractivity contribution >= 4 is 11.9 Å². The van der Waals surface area contributed by atoms with E-state index in [9.17, 15) is 14.7 Å². The van der Waals surface area contributed by atoms with Gasteiger partial charge in [0.25, 0.3) is 0 Å². The summed E-state index contributed by atoms with van der Waals surface area (Å²) in [4.78, 5) is 21.5. The minimum absolute atomic E-state index is 0. The van der Waals surface area contributed by atoms with Crippen molar-refractivity contribution in [2.45, 2.75) is 96.8 Å². The maximum absolute atomic E-state index is 11.3. The first-order valence-corrected chi connectivity index (χ1v) is 9.78. The number of carbonyl (C=O) groups is 2. The fourth-order valence-corrected chi connectivity index (χ4v) is 2.62. The van der Waals surface area contributed by atoms with Crippen molar-refractivity contribution in [2.24, 2.45) is 0 Å². The van der Waals surface area contributed by atoms with Gasteiger partial charge in [0.05, 0.1) is 12.5 Å². The minimum atomic E-state index is -1.24. The van der Waals surface area contributed by atoms with Crippen LogP contribution in [0.25, 0.3) is 0 Å². The Labute approximate surface area is 176 Å². The second kappa shape index (κ2) is 21.7. The molecular weight excluding hydrogens is 325 g/mol. The van der Waals surface area contributed by atoms with E-state index in [-0.39, 0.29) is 42.0 Å². The van der Waals surface area contributed by atoms with Gasteiger partial charge in [-0.2, -0.15) is 0 Å². The van der Waals surface area contributed by atoms with E-state index in [1.165, 1.54) is 57.8 Å². The Bertz CT molecular complexity index is 346. The summed E-state index contributed by atoms with van der Waals surface area (Å²) in [5.74, 6) is -1.44. The smallest absolute Gasteiger partial charge is 0.548 e.